The number of likely N-dealkylation sites (tertiary alicyclic amines) is 1. The van der Waals surface area contributed by atoms with Gasteiger partial charge in [0.15, 0.2) is 0 Å². The molecule has 1 fully saturated rings. The van der Waals surface area contributed by atoms with Crippen LogP contribution in [0.15, 0.2) is 0 Å². The van der Waals surface area contributed by atoms with Gasteiger partial charge in [-0.25, -0.2) is 0 Å². The lowest BCUT2D eigenvalue weighted by atomic mass is 10.1. The molecule has 0 aromatic rings. The Labute approximate surface area is 102 Å². The molecule has 0 bridgehead atoms. The van der Waals surface area contributed by atoms with Gasteiger partial charge in [-0.1, -0.05) is 13.8 Å². The van der Waals surface area contributed by atoms with Crippen molar-refractivity contribution in [1.29, 1.82) is 0 Å². The van der Waals surface area contributed by atoms with Crippen molar-refractivity contribution < 1.29 is 0 Å². The third-order valence-electron chi connectivity index (χ3n) is 4.23. The standard InChI is InChI=1S/C14H30N2/c1-6-10-15-12(4)13(5)16-11(3)8-9-14(16)7-2/h11-15H,6-10H2,1-5H3. The second-order valence-corrected chi connectivity index (χ2v) is 5.42. The highest BCUT2D eigenvalue weighted by molar-refractivity contribution is 4.91. The average Bonchev–Trinajstić information content (AvgIpc) is 2.66. The van der Waals surface area contributed by atoms with Gasteiger partial charge >= 0.3 is 0 Å². The summed E-state index contributed by atoms with van der Waals surface area (Å²) in [5, 5.41) is 3.63. The summed E-state index contributed by atoms with van der Waals surface area (Å²) in [6.45, 7) is 12.8. The van der Waals surface area contributed by atoms with E-state index in [4.69, 9.17) is 0 Å². The second-order valence-electron chi connectivity index (χ2n) is 5.42. The van der Waals surface area contributed by atoms with Crippen LogP contribution >= 0.6 is 0 Å². The van der Waals surface area contributed by atoms with Crippen LogP contribution in [0.1, 0.15) is 60.3 Å². The quantitative estimate of drug-likeness (QED) is 0.749. The van der Waals surface area contributed by atoms with E-state index in [1.54, 1.807) is 0 Å². The molecule has 0 saturated carbocycles. The molecular formula is C14H30N2. The van der Waals surface area contributed by atoms with Gasteiger partial charge in [-0.2, -0.15) is 0 Å². The molecule has 2 heteroatoms. The fraction of sp³-hybridized carbons (Fsp3) is 1.00. The fourth-order valence-electron chi connectivity index (χ4n) is 3.04. The molecule has 0 spiro atoms. The third kappa shape index (κ3) is 3.21. The van der Waals surface area contributed by atoms with Gasteiger partial charge in [0, 0.05) is 24.2 Å². The normalized spacial score (nSPS) is 30.6. The summed E-state index contributed by atoms with van der Waals surface area (Å²) in [6, 6.07) is 2.85. The fourth-order valence-corrected chi connectivity index (χ4v) is 3.04. The first-order chi connectivity index (χ1) is 7.61. The molecule has 4 atom stereocenters. The monoisotopic (exact) mass is 226 g/mol. The first-order valence-electron chi connectivity index (χ1n) is 7.12. The molecule has 4 unspecified atom stereocenters. The van der Waals surface area contributed by atoms with E-state index < -0.39 is 0 Å². The largest absolute Gasteiger partial charge is 0.313 e. The molecule has 0 amide bonds. The molecule has 0 aliphatic carbocycles. The molecule has 1 saturated heterocycles. The van der Waals surface area contributed by atoms with Crippen molar-refractivity contribution in [3.8, 4) is 0 Å². The molecule has 16 heavy (non-hydrogen) atoms. The van der Waals surface area contributed by atoms with E-state index in [1.807, 2.05) is 0 Å². The minimum Gasteiger partial charge on any atom is -0.313 e. The number of nitrogens with one attached hydrogen (secondary N) is 1. The van der Waals surface area contributed by atoms with Gasteiger partial charge in [-0.3, -0.25) is 4.90 Å². The van der Waals surface area contributed by atoms with Crippen LogP contribution in [-0.4, -0.2) is 35.6 Å². The van der Waals surface area contributed by atoms with Crippen LogP contribution in [0.3, 0.4) is 0 Å². The summed E-state index contributed by atoms with van der Waals surface area (Å²) in [5.41, 5.74) is 0. The first-order valence-corrected chi connectivity index (χ1v) is 7.12. The molecule has 1 aliphatic heterocycles. The van der Waals surface area contributed by atoms with Crippen molar-refractivity contribution in [3.63, 3.8) is 0 Å². The molecule has 2 nitrogen and oxygen atoms in total. The molecule has 1 rings (SSSR count). The van der Waals surface area contributed by atoms with Gasteiger partial charge in [0.25, 0.3) is 0 Å². The lowest BCUT2D eigenvalue weighted by molar-refractivity contribution is 0.118. The maximum Gasteiger partial charge on any atom is 0.0224 e. The van der Waals surface area contributed by atoms with Crippen LogP contribution in [0.4, 0.5) is 0 Å². The molecular weight excluding hydrogens is 196 g/mol. The Bertz CT molecular complexity index is 193. The molecule has 0 radical (unpaired) electrons. The van der Waals surface area contributed by atoms with Gasteiger partial charge in [0.2, 0.25) is 0 Å². The van der Waals surface area contributed by atoms with Crippen molar-refractivity contribution in [3.05, 3.63) is 0 Å². The summed E-state index contributed by atoms with van der Waals surface area (Å²) in [4.78, 5) is 2.74. The Kier molecular flexibility index (Phi) is 5.77. The summed E-state index contributed by atoms with van der Waals surface area (Å²) < 4.78 is 0. The molecule has 1 heterocycles. The highest BCUT2D eigenvalue weighted by Gasteiger charge is 2.34. The third-order valence-corrected chi connectivity index (χ3v) is 4.23. The number of rotatable bonds is 6. The van der Waals surface area contributed by atoms with Crippen LogP contribution in [0.25, 0.3) is 0 Å². The zero-order valence-corrected chi connectivity index (χ0v) is 11.8. The number of hydrogen-bond donors (Lipinski definition) is 1. The van der Waals surface area contributed by atoms with E-state index >= 15 is 0 Å². The van der Waals surface area contributed by atoms with Crippen molar-refractivity contribution in [2.45, 2.75) is 84.5 Å². The molecule has 0 aromatic carbocycles. The van der Waals surface area contributed by atoms with E-state index in [0.717, 1.165) is 18.6 Å². The van der Waals surface area contributed by atoms with Crippen molar-refractivity contribution >= 4 is 0 Å². The number of nitrogens with zero attached hydrogens (tertiary/aromatic N) is 1. The number of hydrogen-bond acceptors (Lipinski definition) is 2. The smallest absolute Gasteiger partial charge is 0.0224 e. The highest BCUT2D eigenvalue weighted by Crippen LogP contribution is 2.29. The van der Waals surface area contributed by atoms with E-state index in [2.05, 4.69) is 44.8 Å². The zero-order valence-electron chi connectivity index (χ0n) is 11.8. The van der Waals surface area contributed by atoms with Crippen LogP contribution < -0.4 is 5.32 Å². The Morgan fingerprint density at radius 1 is 1.25 bits per heavy atom. The van der Waals surface area contributed by atoms with Crippen LogP contribution in [-0.2, 0) is 0 Å². The molecule has 96 valence electrons. The predicted octanol–water partition coefficient (Wildman–Crippen LogP) is 3.03. The van der Waals surface area contributed by atoms with Crippen LogP contribution in [0, 0.1) is 0 Å². The zero-order chi connectivity index (χ0) is 12.1. The van der Waals surface area contributed by atoms with E-state index in [1.165, 1.54) is 25.7 Å². The lowest BCUT2D eigenvalue weighted by Gasteiger charge is -2.37. The molecule has 1 aliphatic rings. The predicted molar refractivity (Wildman–Crippen MR) is 71.8 cm³/mol. The van der Waals surface area contributed by atoms with Crippen molar-refractivity contribution in [2.75, 3.05) is 6.54 Å². The molecule has 1 N–H and O–H groups in total. The van der Waals surface area contributed by atoms with Gasteiger partial charge in [-0.05, 0) is 53.0 Å². The first kappa shape index (κ1) is 14.0. The minimum atomic E-state index is 0.606. The second kappa shape index (κ2) is 6.61. The van der Waals surface area contributed by atoms with Gasteiger partial charge in [-0.15, -0.1) is 0 Å². The van der Waals surface area contributed by atoms with Crippen LogP contribution in [0.2, 0.25) is 0 Å². The van der Waals surface area contributed by atoms with Gasteiger partial charge < -0.3 is 5.32 Å². The summed E-state index contributed by atoms with van der Waals surface area (Å²) in [5.74, 6) is 0. The van der Waals surface area contributed by atoms with Gasteiger partial charge in [0.1, 0.15) is 0 Å². The minimum absolute atomic E-state index is 0.606. The Morgan fingerprint density at radius 3 is 2.50 bits per heavy atom. The van der Waals surface area contributed by atoms with E-state index in [-0.39, 0.29) is 0 Å². The van der Waals surface area contributed by atoms with Crippen molar-refractivity contribution in [1.82, 2.24) is 10.2 Å². The Hall–Kier alpha value is -0.0800. The maximum atomic E-state index is 3.63. The van der Waals surface area contributed by atoms with E-state index in [9.17, 15) is 0 Å². The van der Waals surface area contributed by atoms with Gasteiger partial charge in [0.05, 0.1) is 0 Å². The van der Waals surface area contributed by atoms with Crippen LogP contribution in [0.5, 0.6) is 0 Å². The highest BCUT2D eigenvalue weighted by atomic mass is 15.2. The molecule has 0 aromatic heterocycles. The Balaban J connectivity index is 2.52. The summed E-state index contributed by atoms with van der Waals surface area (Å²) in [7, 11) is 0. The van der Waals surface area contributed by atoms with Crippen molar-refractivity contribution in [2.24, 2.45) is 0 Å². The lowest BCUT2D eigenvalue weighted by Crippen LogP contribution is -2.51. The topological polar surface area (TPSA) is 15.3 Å². The summed E-state index contributed by atoms with van der Waals surface area (Å²) in [6.07, 6.45) is 5.30. The Morgan fingerprint density at radius 2 is 1.94 bits per heavy atom. The average molecular weight is 226 g/mol. The SMILES string of the molecule is CCCNC(C)C(C)N1C(C)CCC1CC. The summed E-state index contributed by atoms with van der Waals surface area (Å²) >= 11 is 0. The van der Waals surface area contributed by atoms with E-state index in [0.29, 0.717) is 12.1 Å². The maximum absolute atomic E-state index is 3.63.